The van der Waals surface area contributed by atoms with E-state index in [1.54, 1.807) is 0 Å². The summed E-state index contributed by atoms with van der Waals surface area (Å²) in [6.45, 7) is 8.40. The molecule has 1 unspecified atom stereocenters. The van der Waals surface area contributed by atoms with Crippen LogP contribution >= 0.6 is 0 Å². The Hall–Kier alpha value is -1.02. The predicted octanol–water partition coefficient (Wildman–Crippen LogP) is 4.32. The second kappa shape index (κ2) is 6.42. The van der Waals surface area contributed by atoms with Gasteiger partial charge in [-0.1, -0.05) is 38.8 Å². The highest BCUT2D eigenvalue weighted by atomic mass is 16.5. The van der Waals surface area contributed by atoms with Gasteiger partial charge in [-0.25, -0.2) is 0 Å². The average molecular weight is 261 g/mol. The summed E-state index contributed by atoms with van der Waals surface area (Å²) in [5.74, 6) is 0.970. The van der Waals surface area contributed by atoms with Crippen LogP contribution in [-0.2, 0) is 0 Å². The number of rotatable bonds is 6. The Balaban J connectivity index is 2.18. The fourth-order valence-corrected chi connectivity index (χ4v) is 3.37. The van der Waals surface area contributed by atoms with Gasteiger partial charge in [0, 0.05) is 6.04 Å². The lowest BCUT2D eigenvalue weighted by atomic mass is 9.77. The van der Waals surface area contributed by atoms with Gasteiger partial charge in [-0.2, -0.15) is 0 Å². The lowest BCUT2D eigenvalue weighted by Gasteiger charge is -2.35. The molecule has 1 saturated carbocycles. The fourth-order valence-electron chi connectivity index (χ4n) is 3.37. The van der Waals surface area contributed by atoms with Gasteiger partial charge in [0.1, 0.15) is 5.75 Å². The van der Waals surface area contributed by atoms with E-state index < -0.39 is 0 Å². The zero-order valence-corrected chi connectivity index (χ0v) is 12.5. The van der Waals surface area contributed by atoms with E-state index >= 15 is 0 Å². The van der Waals surface area contributed by atoms with Crippen LogP contribution in [0.15, 0.2) is 24.3 Å². The van der Waals surface area contributed by atoms with Gasteiger partial charge in [-0.15, -0.1) is 0 Å². The van der Waals surface area contributed by atoms with Gasteiger partial charge in [0.15, 0.2) is 0 Å². The third-order valence-corrected chi connectivity index (χ3v) is 4.38. The minimum absolute atomic E-state index is 0.406. The van der Waals surface area contributed by atoms with E-state index in [4.69, 9.17) is 4.74 Å². The lowest BCUT2D eigenvalue weighted by Crippen LogP contribution is -2.34. The van der Waals surface area contributed by atoms with Crippen molar-refractivity contribution in [3.05, 3.63) is 29.8 Å². The maximum atomic E-state index is 5.53. The molecule has 0 aromatic heterocycles. The molecule has 1 aliphatic carbocycles. The van der Waals surface area contributed by atoms with Crippen LogP contribution in [0.4, 0.5) is 0 Å². The molecule has 1 N–H and O–H groups in total. The van der Waals surface area contributed by atoms with Gasteiger partial charge in [-0.3, -0.25) is 0 Å². The van der Waals surface area contributed by atoms with Crippen molar-refractivity contribution >= 4 is 0 Å². The first-order valence-corrected chi connectivity index (χ1v) is 7.66. The SMILES string of the molecule is CCNC(c1ccc(OCC)cc1)C1(C)CCCC1. The molecule has 106 valence electrons. The summed E-state index contributed by atoms with van der Waals surface area (Å²) in [6, 6.07) is 9.11. The Morgan fingerprint density at radius 2 is 1.79 bits per heavy atom. The number of ether oxygens (including phenoxy) is 1. The van der Waals surface area contributed by atoms with Crippen LogP contribution in [0.25, 0.3) is 0 Å². The van der Waals surface area contributed by atoms with Crippen LogP contribution in [-0.4, -0.2) is 13.2 Å². The van der Waals surface area contributed by atoms with Crippen LogP contribution in [0, 0.1) is 5.41 Å². The first-order chi connectivity index (χ1) is 9.19. The van der Waals surface area contributed by atoms with Crippen molar-refractivity contribution in [2.24, 2.45) is 5.41 Å². The second-order valence-electron chi connectivity index (χ2n) is 5.85. The normalized spacial score (nSPS) is 19.3. The molecule has 0 amide bonds. The Kier molecular flexibility index (Phi) is 4.87. The molecule has 2 heteroatoms. The zero-order chi connectivity index (χ0) is 13.7. The molecule has 0 heterocycles. The van der Waals surface area contributed by atoms with Crippen molar-refractivity contribution < 1.29 is 4.74 Å². The Labute approximate surface area is 117 Å². The van der Waals surface area contributed by atoms with E-state index in [9.17, 15) is 0 Å². The molecule has 1 aromatic carbocycles. The molecule has 0 spiro atoms. The van der Waals surface area contributed by atoms with Crippen molar-refractivity contribution in [3.63, 3.8) is 0 Å². The Bertz CT molecular complexity index is 379. The molecule has 0 bridgehead atoms. The standard InChI is InChI=1S/C17H27NO/c1-4-18-16(17(3)12-6-7-13-17)14-8-10-15(11-9-14)19-5-2/h8-11,16,18H,4-7,12-13H2,1-3H3. The maximum absolute atomic E-state index is 5.53. The summed E-state index contributed by atoms with van der Waals surface area (Å²) in [6.07, 6.45) is 5.40. The zero-order valence-electron chi connectivity index (χ0n) is 12.5. The average Bonchev–Trinajstić information content (AvgIpc) is 2.85. The van der Waals surface area contributed by atoms with E-state index in [1.807, 2.05) is 6.92 Å². The van der Waals surface area contributed by atoms with Gasteiger partial charge in [-0.05, 0) is 49.4 Å². The molecule has 2 nitrogen and oxygen atoms in total. The highest BCUT2D eigenvalue weighted by molar-refractivity contribution is 5.30. The van der Waals surface area contributed by atoms with Gasteiger partial charge in [0.2, 0.25) is 0 Å². The first-order valence-electron chi connectivity index (χ1n) is 7.66. The fraction of sp³-hybridized carbons (Fsp3) is 0.647. The highest BCUT2D eigenvalue weighted by Gasteiger charge is 2.37. The monoisotopic (exact) mass is 261 g/mol. The number of benzene rings is 1. The number of nitrogens with one attached hydrogen (secondary N) is 1. The molecule has 1 aromatic rings. The minimum Gasteiger partial charge on any atom is -0.494 e. The van der Waals surface area contributed by atoms with E-state index in [2.05, 4.69) is 43.4 Å². The van der Waals surface area contributed by atoms with E-state index in [1.165, 1.54) is 31.2 Å². The number of hydrogen-bond acceptors (Lipinski definition) is 2. The first kappa shape index (κ1) is 14.4. The van der Waals surface area contributed by atoms with Gasteiger partial charge in [0.05, 0.1) is 6.61 Å². The van der Waals surface area contributed by atoms with Crippen molar-refractivity contribution in [2.45, 2.75) is 52.5 Å². The van der Waals surface area contributed by atoms with Crippen molar-refractivity contribution in [1.29, 1.82) is 0 Å². The summed E-state index contributed by atoms with van der Waals surface area (Å²) in [7, 11) is 0. The topological polar surface area (TPSA) is 21.3 Å². The van der Waals surface area contributed by atoms with Gasteiger partial charge in [0.25, 0.3) is 0 Å². The van der Waals surface area contributed by atoms with Crippen LogP contribution in [0.3, 0.4) is 0 Å². The number of hydrogen-bond donors (Lipinski definition) is 1. The molecule has 1 aliphatic rings. The second-order valence-corrected chi connectivity index (χ2v) is 5.85. The molecular weight excluding hydrogens is 234 g/mol. The Morgan fingerprint density at radius 1 is 1.16 bits per heavy atom. The largest absolute Gasteiger partial charge is 0.494 e. The van der Waals surface area contributed by atoms with Crippen molar-refractivity contribution in [1.82, 2.24) is 5.32 Å². The molecule has 1 fully saturated rings. The molecule has 19 heavy (non-hydrogen) atoms. The third kappa shape index (κ3) is 3.30. The third-order valence-electron chi connectivity index (χ3n) is 4.38. The molecule has 0 saturated heterocycles. The predicted molar refractivity (Wildman–Crippen MR) is 80.6 cm³/mol. The molecule has 0 radical (unpaired) electrons. The summed E-state index contributed by atoms with van der Waals surface area (Å²) in [5, 5.41) is 3.69. The minimum atomic E-state index is 0.406. The summed E-state index contributed by atoms with van der Waals surface area (Å²) in [5.41, 5.74) is 1.80. The summed E-state index contributed by atoms with van der Waals surface area (Å²) < 4.78 is 5.53. The summed E-state index contributed by atoms with van der Waals surface area (Å²) in [4.78, 5) is 0. The van der Waals surface area contributed by atoms with E-state index in [0.717, 1.165) is 18.9 Å². The van der Waals surface area contributed by atoms with Crippen LogP contribution < -0.4 is 10.1 Å². The molecule has 1 atom stereocenters. The van der Waals surface area contributed by atoms with E-state index in [-0.39, 0.29) is 0 Å². The van der Waals surface area contributed by atoms with E-state index in [0.29, 0.717) is 11.5 Å². The highest BCUT2D eigenvalue weighted by Crippen LogP contribution is 2.47. The molecular formula is C17H27NO. The maximum Gasteiger partial charge on any atom is 0.119 e. The Morgan fingerprint density at radius 3 is 2.32 bits per heavy atom. The van der Waals surface area contributed by atoms with Crippen molar-refractivity contribution in [2.75, 3.05) is 13.2 Å². The van der Waals surface area contributed by atoms with Crippen LogP contribution in [0.1, 0.15) is 58.1 Å². The van der Waals surface area contributed by atoms with Crippen LogP contribution in [0.5, 0.6) is 5.75 Å². The quantitative estimate of drug-likeness (QED) is 0.823. The van der Waals surface area contributed by atoms with Crippen LogP contribution in [0.2, 0.25) is 0 Å². The van der Waals surface area contributed by atoms with Gasteiger partial charge >= 0.3 is 0 Å². The van der Waals surface area contributed by atoms with Gasteiger partial charge < -0.3 is 10.1 Å². The smallest absolute Gasteiger partial charge is 0.119 e. The molecule has 2 rings (SSSR count). The lowest BCUT2D eigenvalue weighted by molar-refractivity contribution is 0.226. The summed E-state index contributed by atoms with van der Waals surface area (Å²) >= 11 is 0. The van der Waals surface area contributed by atoms with Crippen molar-refractivity contribution in [3.8, 4) is 5.75 Å². The molecule has 0 aliphatic heterocycles.